The van der Waals surface area contributed by atoms with E-state index < -0.39 is 17.8 Å². The maximum Gasteiger partial charge on any atom is 0.307 e. The topological polar surface area (TPSA) is 95.5 Å². The van der Waals surface area contributed by atoms with Crippen molar-refractivity contribution in [1.82, 2.24) is 5.32 Å². The van der Waals surface area contributed by atoms with E-state index in [1.54, 1.807) is 0 Å². The van der Waals surface area contributed by atoms with Crippen LogP contribution in [-0.4, -0.2) is 28.9 Å². The standard InChI is InChI=1S/C21H26N2O4S/c1-10-11(2)28-20(15(10)18(24)22-14-5-3-4-6-14)23-19(25)16-12-7-8-13(9-12)17(16)21(26)27/h7-8,12-14,16-17H,3-6,9H2,1-2H3,(H,22,24)(H,23,25)(H,26,27)/t12-,13-,16+,17+/m0/s1. The van der Waals surface area contributed by atoms with Crippen molar-refractivity contribution < 1.29 is 19.5 Å². The molecule has 3 N–H and O–H groups in total. The SMILES string of the molecule is Cc1sc(NC(=O)[C@H]2[C@H](C(=O)O)[C@H]3C=C[C@H]2C3)c(C(=O)NC2CCCC2)c1C. The van der Waals surface area contributed by atoms with Crippen LogP contribution in [0.4, 0.5) is 5.00 Å². The number of carbonyl (C=O) groups excluding carboxylic acids is 2. The van der Waals surface area contributed by atoms with E-state index in [2.05, 4.69) is 10.6 Å². The van der Waals surface area contributed by atoms with Crippen LogP contribution >= 0.6 is 11.3 Å². The van der Waals surface area contributed by atoms with Gasteiger partial charge in [-0.2, -0.15) is 0 Å². The molecule has 0 saturated heterocycles. The molecular weight excluding hydrogens is 376 g/mol. The molecule has 0 aromatic carbocycles. The number of anilines is 1. The molecule has 0 unspecified atom stereocenters. The van der Waals surface area contributed by atoms with Gasteiger partial charge in [0, 0.05) is 10.9 Å². The van der Waals surface area contributed by atoms with Crippen LogP contribution in [0.1, 0.15) is 52.9 Å². The highest BCUT2D eigenvalue weighted by molar-refractivity contribution is 7.16. The summed E-state index contributed by atoms with van der Waals surface area (Å²) >= 11 is 1.39. The van der Waals surface area contributed by atoms with E-state index in [-0.39, 0.29) is 29.7 Å². The van der Waals surface area contributed by atoms with E-state index in [1.165, 1.54) is 11.3 Å². The minimum atomic E-state index is -0.922. The summed E-state index contributed by atoms with van der Waals surface area (Å²) in [5.41, 5.74) is 1.40. The fraction of sp³-hybridized carbons (Fsp3) is 0.571. The number of allylic oxidation sites excluding steroid dienone is 2. The zero-order valence-electron chi connectivity index (χ0n) is 16.2. The normalized spacial score (nSPS) is 28.6. The minimum absolute atomic E-state index is 0.0379. The van der Waals surface area contributed by atoms with Gasteiger partial charge in [0.15, 0.2) is 0 Å². The number of rotatable bonds is 5. The zero-order chi connectivity index (χ0) is 20.0. The molecule has 2 fully saturated rings. The molecule has 1 aromatic heterocycles. The number of fused-ring (bicyclic) bond motifs is 2. The zero-order valence-corrected chi connectivity index (χ0v) is 17.0. The molecule has 6 nitrogen and oxygen atoms in total. The molecule has 2 saturated carbocycles. The highest BCUT2D eigenvalue weighted by atomic mass is 32.1. The summed E-state index contributed by atoms with van der Waals surface area (Å²) in [4.78, 5) is 38.6. The lowest BCUT2D eigenvalue weighted by Crippen LogP contribution is -2.37. The molecule has 2 bridgehead atoms. The van der Waals surface area contributed by atoms with Crippen LogP contribution < -0.4 is 10.6 Å². The van der Waals surface area contributed by atoms with Gasteiger partial charge in [-0.05, 0) is 50.5 Å². The van der Waals surface area contributed by atoms with Crippen molar-refractivity contribution in [3.63, 3.8) is 0 Å². The monoisotopic (exact) mass is 402 g/mol. The molecular formula is C21H26N2O4S. The third-order valence-corrected chi connectivity index (χ3v) is 7.71. The lowest BCUT2D eigenvalue weighted by molar-refractivity contribution is -0.146. The Morgan fingerprint density at radius 2 is 1.71 bits per heavy atom. The number of carbonyl (C=O) groups is 3. The molecule has 7 heteroatoms. The number of nitrogens with one attached hydrogen (secondary N) is 2. The van der Waals surface area contributed by atoms with E-state index in [0.29, 0.717) is 17.0 Å². The summed E-state index contributed by atoms with van der Waals surface area (Å²) in [5, 5.41) is 16.1. The Hall–Kier alpha value is -2.15. The smallest absolute Gasteiger partial charge is 0.307 e. The number of thiophene rings is 1. The molecule has 0 radical (unpaired) electrons. The Morgan fingerprint density at radius 3 is 2.36 bits per heavy atom. The van der Waals surface area contributed by atoms with E-state index in [9.17, 15) is 19.5 Å². The van der Waals surface area contributed by atoms with Crippen LogP contribution in [0.15, 0.2) is 12.2 Å². The van der Waals surface area contributed by atoms with Gasteiger partial charge in [-0.1, -0.05) is 25.0 Å². The lowest BCUT2D eigenvalue weighted by atomic mass is 9.82. The molecule has 1 heterocycles. The van der Waals surface area contributed by atoms with Crippen molar-refractivity contribution in [3.05, 3.63) is 28.2 Å². The second kappa shape index (κ2) is 7.35. The van der Waals surface area contributed by atoms with Crippen LogP contribution in [0.5, 0.6) is 0 Å². The van der Waals surface area contributed by atoms with Crippen molar-refractivity contribution in [1.29, 1.82) is 0 Å². The molecule has 4 atom stereocenters. The molecule has 3 aliphatic carbocycles. The number of carboxylic acids is 1. The fourth-order valence-corrected chi connectivity index (χ4v) is 6.09. The van der Waals surface area contributed by atoms with E-state index in [4.69, 9.17) is 0 Å². The van der Waals surface area contributed by atoms with E-state index >= 15 is 0 Å². The van der Waals surface area contributed by atoms with Gasteiger partial charge < -0.3 is 15.7 Å². The van der Waals surface area contributed by atoms with Crippen LogP contribution in [0.2, 0.25) is 0 Å². The molecule has 4 rings (SSSR count). The Morgan fingerprint density at radius 1 is 1.07 bits per heavy atom. The molecule has 28 heavy (non-hydrogen) atoms. The quantitative estimate of drug-likeness (QED) is 0.657. The molecule has 0 spiro atoms. The second-order valence-electron chi connectivity index (χ2n) is 8.27. The van der Waals surface area contributed by atoms with Gasteiger partial charge in [-0.25, -0.2) is 0 Å². The summed E-state index contributed by atoms with van der Waals surface area (Å²) in [6.07, 6.45) is 8.85. The van der Waals surface area contributed by atoms with E-state index in [0.717, 1.165) is 36.1 Å². The van der Waals surface area contributed by atoms with E-state index in [1.807, 2.05) is 26.0 Å². The van der Waals surface area contributed by atoms with Crippen molar-refractivity contribution in [2.75, 3.05) is 5.32 Å². The van der Waals surface area contributed by atoms with Gasteiger partial charge in [0.2, 0.25) is 5.91 Å². The van der Waals surface area contributed by atoms with Crippen molar-refractivity contribution in [3.8, 4) is 0 Å². The lowest BCUT2D eigenvalue weighted by Gasteiger charge is -2.23. The fourth-order valence-electron chi connectivity index (χ4n) is 5.03. The van der Waals surface area contributed by atoms with Gasteiger partial charge >= 0.3 is 5.97 Å². The van der Waals surface area contributed by atoms with Crippen molar-refractivity contribution in [2.24, 2.45) is 23.7 Å². The second-order valence-corrected chi connectivity index (χ2v) is 9.49. The minimum Gasteiger partial charge on any atom is -0.481 e. The molecule has 2 amide bonds. The number of carboxylic acid groups (broad SMARTS) is 1. The largest absolute Gasteiger partial charge is 0.481 e. The summed E-state index contributed by atoms with van der Waals surface area (Å²) in [6, 6.07) is 0.197. The van der Waals surface area contributed by atoms with Gasteiger partial charge in [0.05, 0.1) is 17.4 Å². The van der Waals surface area contributed by atoms with Crippen molar-refractivity contribution in [2.45, 2.75) is 52.0 Å². The summed E-state index contributed by atoms with van der Waals surface area (Å²) in [6.45, 7) is 3.83. The number of hydrogen-bond donors (Lipinski definition) is 3. The predicted octanol–water partition coefficient (Wildman–Crippen LogP) is 3.50. The van der Waals surface area contributed by atoms with Crippen LogP contribution in [0.25, 0.3) is 0 Å². The number of aliphatic carboxylic acids is 1. The first kappa shape index (κ1) is 19.2. The molecule has 150 valence electrons. The third-order valence-electron chi connectivity index (χ3n) is 6.59. The maximum absolute atomic E-state index is 13.0. The Labute approximate surface area is 168 Å². The van der Waals surface area contributed by atoms with Crippen LogP contribution in [0, 0.1) is 37.5 Å². The highest BCUT2D eigenvalue weighted by Crippen LogP contribution is 2.48. The highest BCUT2D eigenvalue weighted by Gasteiger charge is 2.51. The summed E-state index contributed by atoms with van der Waals surface area (Å²) in [5.74, 6) is -2.74. The number of hydrogen-bond acceptors (Lipinski definition) is 4. The number of amides is 2. The Balaban J connectivity index is 1.55. The Bertz CT molecular complexity index is 853. The number of aryl methyl sites for hydroxylation is 1. The molecule has 3 aliphatic rings. The average Bonchev–Trinajstić information content (AvgIpc) is 3.40. The molecule has 0 aliphatic heterocycles. The summed E-state index contributed by atoms with van der Waals surface area (Å²) in [7, 11) is 0. The van der Waals surface area contributed by atoms with Crippen LogP contribution in [-0.2, 0) is 9.59 Å². The first-order valence-corrected chi connectivity index (χ1v) is 10.8. The first-order valence-electron chi connectivity index (χ1n) is 9.99. The predicted molar refractivity (Wildman–Crippen MR) is 107 cm³/mol. The van der Waals surface area contributed by atoms with Gasteiger partial charge in [-0.3, -0.25) is 14.4 Å². The van der Waals surface area contributed by atoms with Gasteiger partial charge in [-0.15, -0.1) is 11.3 Å². The summed E-state index contributed by atoms with van der Waals surface area (Å²) < 4.78 is 0. The first-order chi connectivity index (χ1) is 13.4. The average molecular weight is 403 g/mol. The van der Waals surface area contributed by atoms with Gasteiger partial charge in [0.1, 0.15) is 5.00 Å². The third kappa shape index (κ3) is 3.26. The van der Waals surface area contributed by atoms with Crippen molar-refractivity contribution >= 4 is 34.1 Å². The molecule has 1 aromatic rings. The Kier molecular flexibility index (Phi) is 5.04. The maximum atomic E-state index is 13.0. The van der Waals surface area contributed by atoms with Gasteiger partial charge in [0.25, 0.3) is 5.91 Å². The van der Waals surface area contributed by atoms with Crippen LogP contribution in [0.3, 0.4) is 0 Å².